The molecule has 0 aliphatic carbocycles. The minimum Gasteiger partial charge on any atom is -0.389 e. The van der Waals surface area contributed by atoms with Crippen LogP contribution in [0.3, 0.4) is 0 Å². The third-order valence-electron chi connectivity index (χ3n) is 5.07. The summed E-state index contributed by atoms with van der Waals surface area (Å²) in [6.45, 7) is -0.108. The zero-order valence-corrected chi connectivity index (χ0v) is 16.7. The molecule has 2 N–H and O–H groups in total. The average molecular weight is 424 g/mol. The SMILES string of the molecule is OCc1nc2ccccc2n1CC(O)COC(c1ccc(F)cc1)c1ccc(F)cc1. The van der Waals surface area contributed by atoms with Crippen molar-refractivity contribution in [1.29, 1.82) is 0 Å². The lowest BCUT2D eigenvalue weighted by atomic mass is 10.0. The maximum Gasteiger partial charge on any atom is 0.135 e. The number of para-hydroxylation sites is 2. The van der Waals surface area contributed by atoms with E-state index in [0.29, 0.717) is 17.0 Å². The van der Waals surface area contributed by atoms with E-state index in [0.717, 1.165) is 11.0 Å². The summed E-state index contributed by atoms with van der Waals surface area (Å²) in [4.78, 5) is 4.38. The van der Waals surface area contributed by atoms with E-state index in [2.05, 4.69) is 4.98 Å². The summed E-state index contributed by atoms with van der Waals surface area (Å²) >= 11 is 0. The summed E-state index contributed by atoms with van der Waals surface area (Å²) in [5.74, 6) is -0.288. The van der Waals surface area contributed by atoms with E-state index in [4.69, 9.17) is 4.74 Å². The number of hydrogen-bond donors (Lipinski definition) is 2. The molecule has 4 aromatic rings. The first-order chi connectivity index (χ1) is 15.0. The maximum absolute atomic E-state index is 13.4. The van der Waals surface area contributed by atoms with E-state index in [1.807, 2.05) is 24.3 Å². The van der Waals surface area contributed by atoms with Crippen molar-refractivity contribution < 1.29 is 23.7 Å². The van der Waals surface area contributed by atoms with Gasteiger partial charge in [-0.1, -0.05) is 36.4 Å². The molecule has 31 heavy (non-hydrogen) atoms. The molecule has 0 fully saturated rings. The molecule has 0 bridgehead atoms. The smallest absolute Gasteiger partial charge is 0.135 e. The molecular formula is C24H22F2N2O3. The third-order valence-corrected chi connectivity index (χ3v) is 5.07. The van der Waals surface area contributed by atoms with Gasteiger partial charge in [0.15, 0.2) is 0 Å². The van der Waals surface area contributed by atoms with E-state index >= 15 is 0 Å². The summed E-state index contributed by atoms with van der Waals surface area (Å²) in [7, 11) is 0. The minimum atomic E-state index is -0.897. The van der Waals surface area contributed by atoms with Gasteiger partial charge in [-0.2, -0.15) is 0 Å². The summed E-state index contributed by atoms with van der Waals surface area (Å²) < 4.78 is 34.5. The monoisotopic (exact) mass is 424 g/mol. The molecular weight excluding hydrogens is 402 g/mol. The number of hydrogen-bond acceptors (Lipinski definition) is 4. The first kappa shape index (κ1) is 21.1. The molecule has 3 aromatic carbocycles. The Hall–Kier alpha value is -3.13. The van der Waals surface area contributed by atoms with Crippen LogP contribution in [-0.4, -0.2) is 32.5 Å². The van der Waals surface area contributed by atoms with Crippen LogP contribution in [0.2, 0.25) is 0 Å². The van der Waals surface area contributed by atoms with Crippen LogP contribution in [0.15, 0.2) is 72.8 Å². The van der Waals surface area contributed by atoms with Crippen molar-refractivity contribution in [3.63, 3.8) is 0 Å². The quantitative estimate of drug-likeness (QED) is 0.449. The molecule has 160 valence electrons. The first-order valence-corrected chi connectivity index (χ1v) is 9.90. The van der Waals surface area contributed by atoms with Gasteiger partial charge in [-0.25, -0.2) is 13.8 Å². The minimum absolute atomic E-state index is 0.0310. The largest absolute Gasteiger partial charge is 0.389 e. The van der Waals surface area contributed by atoms with Crippen LogP contribution in [0.25, 0.3) is 11.0 Å². The zero-order valence-electron chi connectivity index (χ0n) is 16.7. The van der Waals surface area contributed by atoms with Crippen LogP contribution in [-0.2, 0) is 17.9 Å². The molecule has 0 saturated heterocycles. The Balaban J connectivity index is 1.53. The summed E-state index contributed by atoms with van der Waals surface area (Å²) in [5, 5.41) is 20.3. The number of nitrogens with zero attached hydrogens (tertiary/aromatic N) is 2. The normalized spacial score (nSPS) is 12.5. The number of ether oxygens (including phenoxy) is 1. The first-order valence-electron chi connectivity index (χ1n) is 9.90. The Morgan fingerprint density at radius 3 is 2.03 bits per heavy atom. The average Bonchev–Trinajstić information content (AvgIpc) is 3.13. The topological polar surface area (TPSA) is 67.5 Å². The van der Waals surface area contributed by atoms with Gasteiger partial charge in [0.1, 0.15) is 30.2 Å². The third kappa shape index (κ3) is 4.80. The predicted octanol–water partition coefficient (Wildman–Crippen LogP) is 3.97. The maximum atomic E-state index is 13.4. The highest BCUT2D eigenvalue weighted by atomic mass is 19.1. The molecule has 0 aliphatic heterocycles. The summed E-state index contributed by atoms with van der Waals surface area (Å²) in [6, 6.07) is 19.2. The Kier molecular flexibility index (Phi) is 6.36. The van der Waals surface area contributed by atoms with Gasteiger partial charge in [0, 0.05) is 0 Å². The lowest BCUT2D eigenvalue weighted by molar-refractivity contribution is -0.000773. The predicted molar refractivity (Wildman–Crippen MR) is 112 cm³/mol. The van der Waals surface area contributed by atoms with Crippen molar-refractivity contribution in [2.24, 2.45) is 0 Å². The van der Waals surface area contributed by atoms with Crippen molar-refractivity contribution in [2.45, 2.75) is 25.4 Å². The van der Waals surface area contributed by atoms with Gasteiger partial charge in [-0.15, -0.1) is 0 Å². The number of fused-ring (bicyclic) bond motifs is 1. The number of benzene rings is 3. The van der Waals surface area contributed by atoms with Crippen molar-refractivity contribution in [3.05, 3.63) is 101 Å². The molecule has 4 rings (SSSR count). The van der Waals surface area contributed by atoms with E-state index in [1.54, 1.807) is 28.8 Å². The van der Waals surface area contributed by atoms with Crippen LogP contribution >= 0.6 is 0 Å². The molecule has 5 nitrogen and oxygen atoms in total. The van der Waals surface area contributed by atoms with Gasteiger partial charge in [0.25, 0.3) is 0 Å². The number of imidazole rings is 1. The fourth-order valence-electron chi connectivity index (χ4n) is 3.58. The van der Waals surface area contributed by atoms with Crippen LogP contribution in [0.4, 0.5) is 8.78 Å². The fraction of sp³-hybridized carbons (Fsp3) is 0.208. The van der Waals surface area contributed by atoms with Crippen LogP contribution in [0.1, 0.15) is 23.1 Å². The second kappa shape index (κ2) is 9.34. The Morgan fingerprint density at radius 2 is 1.45 bits per heavy atom. The molecule has 0 saturated carbocycles. The van der Waals surface area contributed by atoms with Crippen LogP contribution in [0.5, 0.6) is 0 Å². The fourth-order valence-corrected chi connectivity index (χ4v) is 3.58. The Bertz CT molecular complexity index is 1100. The number of halogens is 2. The van der Waals surface area contributed by atoms with Crippen molar-refractivity contribution in [1.82, 2.24) is 9.55 Å². The molecule has 1 atom stereocenters. The van der Waals surface area contributed by atoms with E-state index in [-0.39, 0.29) is 31.4 Å². The zero-order chi connectivity index (χ0) is 21.8. The van der Waals surface area contributed by atoms with E-state index in [1.165, 1.54) is 24.3 Å². The molecule has 0 amide bonds. The highest BCUT2D eigenvalue weighted by Gasteiger charge is 2.19. The van der Waals surface area contributed by atoms with Gasteiger partial charge in [-0.3, -0.25) is 0 Å². The van der Waals surface area contributed by atoms with Gasteiger partial charge < -0.3 is 19.5 Å². The molecule has 0 spiro atoms. The molecule has 1 unspecified atom stereocenters. The van der Waals surface area contributed by atoms with Crippen molar-refractivity contribution in [3.8, 4) is 0 Å². The number of aromatic nitrogens is 2. The molecule has 0 radical (unpaired) electrons. The second-order valence-electron chi connectivity index (χ2n) is 7.26. The molecule has 7 heteroatoms. The lowest BCUT2D eigenvalue weighted by Gasteiger charge is -2.22. The number of rotatable bonds is 8. The van der Waals surface area contributed by atoms with Crippen molar-refractivity contribution >= 4 is 11.0 Å². The standard InChI is InChI=1S/C24H22F2N2O3/c25-18-9-5-16(6-10-18)24(17-7-11-19(26)12-8-17)31-15-20(30)13-28-22-4-2-1-3-21(22)27-23(28)14-29/h1-12,20,24,29-30H,13-15H2. The lowest BCUT2D eigenvalue weighted by Crippen LogP contribution is -2.24. The van der Waals surface area contributed by atoms with Crippen LogP contribution in [0, 0.1) is 11.6 Å². The van der Waals surface area contributed by atoms with Gasteiger partial charge in [-0.05, 0) is 47.5 Å². The molecule has 1 heterocycles. The second-order valence-corrected chi connectivity index (χ2v) is 7.26. The molecule has 1 aromatic heterocycles. The van der Waals surface area contributed by atoms with E-state index < -0.39 is 12.2 Å². The number of aliphatic hydroxyl groups excluding tert-OH is 2. The highest BCUT2D eigenvalue weighted by Crippen LogP contribution is 2.27. The van der Waals surface area contributed by atoms with E-state index in [9.17, 15) is 19.0 Å². The number of aliphatic hydroxyl groups is 2. The Labute approximate surface area is 178 Å². The summed E-state index contributed by atoms with van der Waals surface area (Å²) in [5.41, 5.74) is 2.91. The van der Waals surface area contributed by atoms with Crippen molar-refractivity contribution in [2.75, 3.05) is 6.61 Å². The van der Waals surface area contributed by atoms with Gasteiger partial charge >= 0.3 is 0 Å². The highest BCUT2D eigenvalue weighted by molar-refractivity contribution is 5.75. The van der Waals surface area contributed by atoms with Gasteiger partial charge in [0.2, 0.25) is 0 Å². The van der Waals surface area contributed by atoms with Crippen LogP contribution < -0.4 is 0 Å². The summed E-state index contributed by atoms with van der Waals surface area (Å²) in [6.07, 6.45) is -1.50. The Morgan fingerprint density at radius 1 is 0.871 bits per heavy atom. The molecule has 0 aliphatic rings. The van der Waals surface area contributed by atoms with Gasteiger partial charge in [0.05, 0.1) is 30.3 Å².